The Bertz CT molecular complexity index is 1010. The first-order valence-electron chi connectivity index (χ1n) is 9.81. The molecule has 0 spiro atoms. The molecule has 0 saturated carbocycles. The molecule has 6 heteroatoms. The first-order chi connectivity index (χ1) is 13.3. The molecule has 3 amide bonds. The van der Waals surface area contributed by atoms with E-state index in [1.165, 1.54) is 9.80 Å². The van der Waals surface area contributed by atoms with E-state index in [1.807, 2.05) is 27.7 Å². The standard InChI is InChI=1S/C22H24N2O4/c1-5-11(3)23-19(25)13-7-9-15-18-16(10-8-14(17(13)18)20(23)26)22(28)24(21(15)27)12(4)6-2/h7-12,19,25H,5-6H2,1-4H3. The number of aliphatic hydroxyl groups is 1. The van der Waals surface area contributed by atoms with Gasteiger partial charge in [0.1, 0.15) is 0 Å². The summed E-state index contributed by atoms with van der Waals surface area (Å²) in [6, 6.07) is 6.31. The summed E-state index contributed by atoms with van der Waals surface area (Å²) in [5.74, 6) is -0.967. The highest BCUT2D eigenvalue weighted by atomic mass is 16.3. The van der Waals surface area contributed by atoms with E-state index >= 15 is 0 Å². The minimum atomic E-state index is -1.10. The van der Waals surface area contributed by atoms with Crippen LogP contribution in [0.5, 0.6) is 0 Å². The molecule has 2 aliphatic heterocycles. The molecule has 1 N–H and O–H groups in total. The van der Waals surface area contributed by atoms with Crippen LogP contribution in [0.2, 0.25) is 0 Å². The molecule has 0 aliphatic carbocycles. The van der Waals surface area contributed by atoms with Crippen molar-refractivity contribution in [2.45, 2.75) is 58.8 Å². The number of hydrogen-bond donors (Lipinski definition) is 1. The van der Waals surface area contributed by atoms with Crippen LogP contribution in [-0.2, 0) is 0 Å². The summed E-state index contributed by atoms with van der Waals surface area (Å²) in [6.45, 7) is 7.63. The Morgan fingerprint density at radius 2 is 1.32 bits per heavy atom. The average Bonchev–Trinajstić information content (AvgIpc) is 2.70. The summed E-state index contributed by atoms with van der Waals surface area (Å²) >= 11 is 0. The van der Waals surface area contributed by atoms with Crippen molar-refractivity contribution >= 4 is 28.5 Å². The van der Waals surface area contributed by atoms with E-state index < -0.39 is 6.23 Å². The summed E-state index contributed by atoms with van der Waals surface area (Å²) < 4.78 is 0. The van der Waals surface area contributed by atoms with Gasteiger partial charge in [0, 0.05) is 45.1 Å². The quantitative estimate of drug-likeness (QED) is 0.824. The molecule has 4 rings (SSSR count). The lowest BCUT2D eigenvalue weighted by Gasteiger charge is -2.39. The second kappa shape index (κ2) is 6.41. The monoisotopic (exact) mass is 380 g/mol. The van der Waals surface area contributed by atoms with Gasteiger partial charge in [-0.25, -0.2) is 0 Å². The normalized spacial score (nSPS) is 20.8. The summed E-state index contributed by atoms with van der Waals surface area (Å²) in [5.41, 5.74) is 1.81. The van der Waals surface area contributed by atoms with Gasteiger partial charge in [0.2, 0.25) is 0 Å². The van der Waals surface area contributed by atoms with Crippen molar-refractivity contribution in [1.82, 2.24) is 9.80 Å². The van der Waals surface area contributed by atoms with E-state index in [1.54, 1.807) is 24.3 Å². The molecule has 2 aliphatic rings. The summed E-state index contributed by atoms with van der Waals surface area (Å²) in [4.78, 5) is 42.0. The lowest BCUT2D eigenvalue weighted by molar-refractivity contribution is -0.0130. The van der Waals surface area contributed by atoms with Gasteiger partial charge in [0.15, 0.2) is 6.23 Å². The SMILES string of the molecule is CCC(C)N1C(=O)c2ccc3c4c(ccc(c24)C1=O)C(O)N(C(C)CC)C3=O. The van der Waals surface area contributed by atoms with Crippen molar-refractivity contribution in [3.05, 3.63) is 46.5 Å². The zero-order valence-corrected chi connectivity index (χ0v) is 16.5. The van der Waals surface area contributed by atoms with Crippen molar-refractivity contribution in [2.24, 2.45) is 0 Å². The van der Waals surface area contributed by atoms with Gasteiger partial charge >= 0.3 is 0 Å². The summed E-state index contributed by atoms with van der Waals surface area (Å²) in [7, 11) is 0. The first-order valence-corrected chi connectivity index (χ1v) is 9.81. The Morgan fingerprint density at radius 3 is 1.86 bits per heavy atom. The predicted octanol–water partition coefficient (Wildman–Crippen LogP) is 3.48. The number of carbonyl (C=O) groups is 3. The van der Waals surface area contributed by atoms with Crippen LogP contribution in [0.15, 0.2) is 24.3 Å². The predicted molar refractivity (Wildman–Crippen MR) is 105 cm³/mol. The van der Waals surface area contributed by atoms with Crippen LogP contribution in [0.1, 0.15) is 83.4 Å². The average molecular weight is 380 g/mol. The second-order valence-electron chi connectivity index (χ2n) is 7.69. The Labute approximate surface area is 163 Å². The smallest absolute Gasteiger partial charge is 0.261 e. The highest BCUT2D eigenvalue weighted by molar-refractivity contribution is 6.28. The second-order valence-corrected chi connectivity index (χ2v) is 7.69. The largest absolute Gasteiger partial charge is 0.369 e. The summed E-state index contributed by atoms with van der Waals surface area (Å²) in [5, 5.41) is 11.9. The fourth-order valence-electron chi connectivity index (χ4n) is 4.24. The lowest BCUT2D eigenvalue weighted by atomic mass is 9.84. The van der Waals surface area contributed by atoms with Gasteiger partial charge in [-0.3, -0.25) is 19.3 Å². The van der Waals surface area contributed by atoms with E-state index in [-0.39, 0.29) is 29.8 Å². The van der Waals surface area contributed by atoms with Crippen LogP contribution in [0, 0.1) is 0 Å². The highest BCUT2D eigenvalue weighted by Gasteiger charge is 2.41. The Kier molecular flexibility index (Phi) is 4.27. The number of hydrogen-bond acceptors (Lipinski definition) is 4. The maximum absolute atomic E-state index is 13.1. The van der Waals surface area contributed by atoms with Gasteiger partial charge in [0.05, 0.1) is 0 Å². The molecule has 0 fully saturated rings. The highest BCUT2D eigenvalue weighted by Crippen LogP contribution is 2.42. The van der Waals surface area contributed by atoms with Crippen LogP contribution in [0.3, 0.4) is 0 Å². The molecule has 2 heterocycles. The molecule has 3 atom stereocenters. The van der Waals surface area contributed by atoms with Crippen LogP contribution in [0.25, 0.3) is 10.8 Å². The minimum absolute atomic E-state index is 0.137. The number of aliphatic hydroxyl groups excluding tert-OH is 1. The van der Waals surface area contributed by atoms with Crippen molar-refractivity contribution in [3.8, 4) is 0 Å². The van der Waals surface area contributed by atoms with Crippen molar-refractivity contribution in [2.75, 3.05) is 0 Å². The molecule has 2 aromatic carbocycles. The van der Waals surface area contributed by atoms with Crippen LogP contribution in [0.4, 0.5) is 0 Å². The lowest BCUT2D eigenvalue weighted by Crippen LogP contribution is -2.47. The molecule has 0 radical (unpaired) electrons. The maximum atomic E-state index is 13.1. The number of imide groups is 1. The van der Waals surface area contributed by atoms with Crippen LogP contribution < -0.4 is 0 Å². The van der Waals surface area contributed by atoms with Crippen LogP contribution >= 0.6 is 0 Å². The number of benzene rings is 2. The van der Waals surface area contributed by atoms with Gasteiger partial charge < -0.3 is 10.0 Å². The maximum Gasteiger partial charge on any atom is 0.261 e. The molecule has 0 saturated heterocycles. The Hall–Kier alpha value is -2.73. The third-order valence-electron chi connectivity index (χ3n) is 6.20. The summed E-state index contributed by atoms with van der Waals surface area (Å²) in [6.07, 6.45) is 0.267. The van der Waals surface area contributed by atoms with Gasteiger partial charge in [-0.2, -0.15) is 0 Å². The van der Waals surface area contributed by atoms with E-state index in [9.17, 15) is 19.5 Å². The van der Waals surface area contributed by atoms with E-state index in [4.69, 9.17) is 0 Å². The fourth-order valence-corrected chi connectivity index (χ4v) is 4.24. The van der Waals surface area contributed by atoms with Gasteiger partial charge in [0.25, 0.3) is 17.7 Å². The molecule has 2 aromatic rings. The van der Waals surface area contributed by atoms with Gasteiger partial charge in [-0.1, -0.05) is 19.9 Å². The fraction of sp³-hybridized carbons (Fsp3) is 0.409. The van der Waals surface area contributed by atoms with Crippen LogP contribution in [-0.4, -0.2) is 44.7 Å². The molecular weight excluding hydrogens is 356 g/mol. The zero-order valence-electron chi connectivity index (χ0n) is 16.5. The molecule has 0 bridgehead atoms. The Morgan fingerprint density at radius 1 is 0.821 bits per heavy atom. The molecule has 0 aromatic heterocycles. The number of rotatable bonds is 4. The molecular formula is C22H24N2O4. The van der Waals surface area contributed by atoms with Crippen molar-refractivity contribution < 1.29 is 19.5 Å². The van der Waals surface area contributed by atoms with E-state index in [0.29, 0.717) is 45.9 Å². The number of carbonyl (C=O) groups excluding carboxylic acids is 3. The first kappa shape index (κ1) is 18.6. The van der Waals surface area contributed by atoms with Gasteiger partial charge in [-0.15, -0.1) is 0 Å². The van der Waals surface area contributed by atoms with E-state index in [0.717, 1.165) is 0 Å². The molecule has 146 valence electrons. The number of amides is 3. The third-order valence-corrected chi connectivity index (χ3v) is 6.20. The van der Waals surface area contributed by atoms with E-state index in [2.05, 4.69) is 0 Å². The van der Waals surface area contributed by atoms with Gasteiger partial charge in [-0.05, 0) is 44.9 Å². The molecule has 6 nitrogen and oxygen atoms in total. The topological polar surface area (TPSA) is 77.9 Å². The third kappa shape index (κ3) is 2.27. The minimum Gasteiger partial charge on any atom is -0.369 e. The Balaban J connectivity index is 2.00. The molecule has 3 unspecified atom stereocenters. The number of nitrogens with zero attached hydrogens (tertiary/aromatic N) is 2. The van der Waals surface area contributed by atoms with Crippen molar-refractivity contribution in [1.29, 1.82) is 0 Å². The van der Waals surface area contributed by atoms with Crippen molar-refractivity contribution in [3.63, 3.8) is 0 Å². The zero-order chi connectivity index (χ0) is 20.3. The molecule has 28 heavy (non-hydrogen) atoms.